The number of nitrogens with one attached hydrogen (secondary N) is 1. The van der Waals surface area contributed by atoms with Crippen LogP contribution in [0.1, 0.15) is 20.3 Å². The van der Waals surface area contributed by atoms with Gasteiger partial charge in [0, 0.05) is 38.1 Å². The molecule has 0 saturated carbocycles. The predicted octanol–water partition coefficient (Wildman–Crippen LogP) is 1.32. The topological polar surface area (TPSA) is 15.3 Å². The van der Waals surface area contributed by atoms with Crippen molar-refractivity contribution in [2.24, 2.45) is 0 Å². The zero-order chi connectivity index (χ0) is 9.84. The molecule has 2 atom stereocenters. The molecule has 1 fully saturated rings. The summed E-state index contributed by atoms with van der Waals surface area (Å²) in [5.74, 6) is 0. The van der Waals surface area contributed by atoms with Gasteiger partial charge >= 0.3 is 0 Å². The minimum absolute atomic E-state index is 0.00421. The number of alkyl halides is 2. The number of hydrogen-bond acceptors (Lipinski definition) is 2. The van der Waals surface area contributed by atoms with E-state index in [1.54, 1.807) is 0 Å². The molecular formula is C9H18F2N2. The number of nitrogens with zero attached hydrogens (tertiary/aromatic N) is 1. The first kappa shape index (κ1) is 10.9. The molecule has 1 aliphatic heterocycles. The normalized spacial score (nSPS) is 27.9. The van der Waals surface area contributed by atoms with Crippen LogP contribution >= 0.6 is 0 Å². The molecule has 0 aromatic rings. The van der Waals surface area contributed by atoms with Crippen LogP contribution in [0, 0.1) is 0 Å². The van der Waals surface area contributed by atoms with Crippen molar-refractivity contribution in [1.82, 2.24) is 10.2 Å². The van der Waals surface area contributed by atoms with Crippen LogP contribution in [0.3, 0.4) is 0 Å². The molecular weight excluding hydrogens is 174 g/mol. The molecule has 0 radical (unpaired) electrons. The van der Waals surface area contributed by atoms with Gasteiger partial charge in [-0.1, -0.05) is 0 Å². The molecule has 1 N–H and O–H groups in total. The van der Waals surface area contributed by atoms with Crippen molar-refractivity contribution in [2.45, 2.75) is 38.8 Å². The summed E-state index contributed by atoms with van der Waals surface area (Å²) in [7, 11) is 0. The second-order valence-corrected chi connectivity index (χ2v) is 3.83. The highest BCUT2D eigenvalue weighted by molar-refractivity contribution is 4.79. The Bertz CT molecular complexity index is 153. The second-order valence-electron chi connectivity index (χ2n) is 3.83. The Morgan fingerprint density at radius 2 is 2.23 bits per heavy atom. The van der Waals surface area contributed by atoms with E-state index >= 15 is 0 Å². The van der Waals surface area contributed by atoms with Crippen molar-refractivity contribution in [3.8, 4) is 0 Å². The Morgan fingerprint density at radius 3 is 2.77 bits per heavy atom. The molecule has 1 rings (SSSR count). The van der Waals surface area contributed by atoms with E-state index in [0.29, 0.717) is 6.04 Å². The number of rotatable bonds is 3. The molecule has 1 aliphatic rings. The van der Waals surface area contributed by atoms with Gasteiger partial charge in [-0.2, -0.15) is 0 Å². The van der Waals surface area contributed by atoms with Gasteiger partial charge in [0.1, 0.15) is 0 Å². The van der Waals surface area contributed by atoms with Crippen molar-refractivity contribution in [1.29, 1.82) is 0 Å². The Labute approximate surface area is 78.3 Å². The molecule has 0 amide bonds. The van der Waals surface area contributed by atoms with Gasteiger partial charge in [0.2, 0.25) is 6.43 Å². The molecule has 1 heterocycles. The summed E-state index contributed by atoms with van der Waals surface area (Å²) >= 11 is 0. The Hall–Kier alpha value is -0.220. The molecule has 0 spiro atoms. The second kappa shape index (κ2) is 4.86. The fraction of sp³-hybridized carbons (Fsp3) is 1.00. The fourth-order valence-corrected chi connectivity index (χ4v) is 1.77. The van der Waals surface area contributed by atoms with Crippen LogP contribution in [-0.4, -0.2) is 43.0 Å². The molecule has 78 valence electrons. The lowest BCUT2D eigenvalue weighted by molar-refractivity contribution is 0.0740. The van der Waals surface area contributed by atoms with Crippen molar-refractivity contribution in [2.75, 3.05) is 19.6 Å². The number of halogens is 2. The van der Waals surface area contributed by atoms with Gasteiger partial charge in [-0.15, -0.1) is 0 Å². The third kappa shape index (κ3) is 3.56. The van der Waals surface area contributed by atoms with E-state index in [-0.39, 0.29) is 12.5 Å². The highest BCUT2D eigenvalue weighted by Crippen LogP contribution is 2.12. The molecule has 0 aromatic heterocycles. The molecule has 0 aromatic carbocycles. The highest BCUT2D eigenvalue weighted by Gasteiger charge is 2.22. The van der Waals surface area contributed by atoms with E-state index in [0.717, 1.165) is 19.6 Å². The van der Waals surface area contributed by atoms with Gasteiger partial charge in [0.15, 0.2) is 0 Å². The molecule has 2 unspecified atom stereocenters. The maximum Gasteiger partial charge on any atom is 0.240 e. The minimum Gasteiger partial charge on any atom is -0.312 e. The van der Waals surface area contributed by atoms with Crippen LogP contribution in [0.5, 0.6) is 0 Å². The lowest BCUT2D eigenvalue weighted by Gasteiger charge is -2.36. The first-order chi connectivity index (χ1) is 6.09. The minimum atomic E-state index is -2.18. The van der Waals surface area contributed by atoms with Gasteiger partial charge in [0.05, 0.1) is 0 Å². The zero-order valence-electron chi connectivity index (χ0n) is 8.26. The van der Waals surface area contributed by atoms with Crippen molar-refractivity contribution in [3.05, 3.63) is 0 Å². The van der Waals surface area contributed by atoms with Crippen molar-refractivity contribution < 1.29 is 8.78 Å². The fourth-order valence-electron chi connectivity index (χ4n) is 1.77. The van der Waals surface area contributed by atoms with Crippen LogP contribution in [0.4, 0.5) is 8.78 Å². The summed E-state index contributed by atoms with van der Waals surface area (Å²) in [6.45, 7) is 6.65. The first-order valence-corrected chi connectivity index (χ1v) is 4.85. The molecule has 1 saturated heterocycles. The number of piperazine rings is 1. The van der Waals surface area contributed by atoms with Crippen LogP contribution in [0.2, 0.25) is 0 Å². The molecule has 13 heavy (non-hydrogen) atoms. The lowest BCUT2D eigenvalue weighted by atomic mass is 10.1. The molecule has 0 aliphatic carbocycles. The van der Waals surface area contributed by atoms with Crippen molar-refractivity contribution in [3.63, 3.8) is 0 Å². The van der Waals surface area contributed by atoms with Gasteiger partial charge in [-0.05, 0) is 13.8 Å². The summed E-state index contributed by atoms with van der Waals surface area (Å²) < 4.78 is 24.2. The maximum atomic E-state index is 12.1. The summed E-state index contributed by atoms with van der Waals surface area (Å²) in [5.41, 5.74) is 0. The van der Waals surface area contributed by atoms with Crippen molar-refractivity contribution >= 4 is 0 Å². The van der Waals surface area contributed by atoms with Gasteiger partial charge in [-0.3, -0.25) is 4.90 Å². The average molecular weight is 192 g/mol. The van der Waals surface area contributed by atoms with E-state index < -0.39 is 6.43 Å². The van der Waals surface area contributed by atoms with E-state index in [1.165, 1.54) is 0 Å². The Kier molecular flexibility index (Phi) is 4.06. The van der Waals surface area contributed by atoms with Gasteiger partial charge in [0.25, 0.3) is 0 Å². The first-order valence-electron chi connectivity index (χ1n) is 4.85. The van der Waals surface area contributed by atoms with Crippen LogP contribution in [0.25, 0.3) is 0 Å². The Morgan fingerprint density at radius 1 is 1.54 bits per heavy atom. The summed E-state index contributed by atoms with van der Waals surface area (Å²) in [4.78, 5) is 2.13. The van der Waals surface area contributed by atoms with E-state index in [1.807, 2.05) is 6.92 Å². The summed E-state index contributed by atoms with van der Waals surface area (Å²) in [6, 6.07) is 0.429. The summed E-state index contributed by atoms with van der Waals surface area (Å²) in [6.07, 6.45) is -2.19. The third-order valence-electron chi connectivity index (χ3n) is 2.54. The van der Waals surface area contributed by atoms with Gasteiger partial charge in [-0.25, -0.2) is 8.78 Å². The van der Waals surface area contributed by atoms with E-state index in [4.69, 9.17) is 0 Å². The highest BCUT2D eigenvalue weighted by atomic mass is 19.3. The lowest BCUT2D eigenvalue weighted by Crippen LogP contribution is -2.52. The quantitative estimate of drug-likeness (QED) is 0.725. The predicted molar refractivity (Wildman–Crippen MR) is 49.1 cm³/mol. The SMILES string of the molecule is CC1CN(C(C)CC(F)F)CCN1. The monoisotopic (exact) mass is 192 g/mol. The smallest absolute Gasteiger partial charge is 0.240 e. The maximum absolute atomic E-state index is 12.1. The van der Waals surface area contributed by atoms with E-state index in [9.17, 15) is 8.78 Å². The number of hydrogen-bond donors (Lipinski definition) is 1. The molecule has 2 nitrogen and oxygen atoms in total. The average Bonchev–Trinajstić information content (AvgIpc) is 2.03. The standard InChI is InChI=1S/C9H18F2N2/c1-7-6-13(4-3-12-7)8(2)5-9(10)11/h7-9,12H,3-6H2,1-2H3. The Balaban J connectivity index is 2.32. The van der Waals surface area contributed by atoms with Crippen LogP contribution in [-0.2, 0) is 0 Å². The third-order valence-corrected chi connectivity index (χ3v) is 2.54. The van der Waals surface area contributed by atoms with Crippen LogP contribution < -0.4 is 5.32 Å². The largest absolute Gasteiger partial charge is 0.312 e. The molecule has 0 bridgehead atoms. The van der Waals surface area contributed by atoms with E-state index in [2.05, 4.69) is 17.1 Å². The van der Waals surface area contributed by atoms with Crippen LogP contribution in [0.15, 0.2) is 0 Å². The van der Waals surface area contributed by atoms with Gasteiger partial charge < -0.3 is 5.32 Å². The zero-order valence-corrected chi connectivity index (χ0v) is 8.26. The molecule has 4 heteroatoms. The summed E-state index contributed by atoms with van der Waals surface area (Å²) in [5, 5.41) is 3.29.